The first kappa shape index (κ1) is 4.66. The molecule has 0 amide bonds. The van der Waals surface area contributed by atoms with Gasteiger partial charge >= 0.3 is 0 Å². The molecule has 0 aromatic carbocycles. The summed E-state index contributed by atoms with van der Waals surface area (Å²) in [5.74, 6) is 2.19. The summed E-state index contributed by atoms with van der Waals surface area (Å²) in [7, 11) is 0.0436. The first-order chi connectivity index (χ1) is 2.41. The molecule has 0 aliphatic rings. The Morgan fingerprint density at radius 3 is 2.60 bits per heavy atom. The minimum Gasteiger partial charge on any atom is -0.274 e. The maximum Gasteiger partial charge on any atom is 0.168 e. The molecule has 0 aromatic heterocycles. The van der Waals surface area contributed by atoms with Crippen molar-refractivity contribution in [3.63, 3.8) is 0 Å². The molecule has 0 saturated heterocycles. The highest BCUT2D eigenvalue weighted by molar-refractivity contribution is 7.24. The summed E-state index contributed by atoms with van der Waals surface area (Å²) >= 11 is 0. The predicted octanol–water partition coefficient (Wildman–Crippen LogP) is 0.911. The van der Waals surface area contributed by atoms with E-state index in [1.165, 1.54) is 0 Å². The van der Waals surface area contributed by atoms with Crippen molar-refractivity contribution in [1.29, 1.82) is 0 Å². The largest absolute Gasteiger partial charge is 0.274 e. The Morgan fingerprint density at radius 2 is 2.60 bits per heavy atom. The van der Waals surface area contributed by atoms with E-state index in [-0.39, 0.29) is 8.46 Å². The third kappa shape index (κ3) is 3.66. The van der Waals surface area contributed by atoms with Crippen LogP contribution in [0.3, 0.4) is 0 Å². The van der Waals surface area contributed by atoms with Gasteiger partial charge in [-0.2, -0.15) is 0 Å². The highest BCUT2D eigenvalue weighted by atomic mass is 31.1. The van der Waals surface area contributed by atoms with E-state index in [1.54, 1.807) is 0 Å². The van der Waals surface area contributed by atoms with E-state index in [4.69, 9.17) is 0 Å². The molecule has 5 heavy (non-hydrogen) atoms. The van der Waals surface area contributed by atoms with E-state index in [0.717, 1.165) is 0 Å². The molecule has 0 spiro atoms. The van der Waals surface area contributed by atoms with Crippen LogP contribution in [0.5, 0.6) is 0 Å². The molecule has 0 atom stereocenters. The van der Waals surface area contributed by atoms with Crippen molar-refractivity contribution in [2.45, 2.75) is 0 Å². The molecule has 0 saturated carbocycles. The summed E-state index contributed by atoms with van der Waals surface area (Å²) in [4.78, 5) is 0. The van der Waals surface area contributed by atoms with Gasteiger partial charge in [0.25, 0.3) is 0 Å². The minimum absolute atomic E-state index is 0.0436. The molecule has 0 aliphatic heterocycles. The predicted molar refractivity (Wildman–Crippen MR) is 21.3 cm³/mol. The molecule has 0 radical (unpaired) electrons. The molecule has 0 heterocycles. The van der Waals surface area contributed by atoms with Crippen molar-refractivity contribution in [1.82, 2.24) is 0 Å². The van der Waals surface area contributed by atoms with E-state index >= 15 is 0 Å². The Labute approximate surface area is 32.6 Å². The first-order valence-electron chi connectivity index (χ1n) is 1.14. The summed E-state index contributed by atoms with van der Waals surface area (Å²) in [5.41, 5.74) is 0. The number of rotatable bonds is 1. The Bertz CT molecular complexity index is 61.8. The van der Waals surface area contributed by atoms with Crippen LogP contribution in [0.4, 0.5) is 0 Å². The minimum atomic E-state index is 0.0436. The molecule has 1 nitrogen and oxygen atoms in total. The zero-order valence-corrected chi connectivity index (χ0v) is 3.53. The maximum absolute atomic E-state index is 9.36. The fourth-order valence-electron chi connectivity index (χ4n) is 0.0373. The molecule has 0 fully saturated rings. The lowest BCUT2D eigenvalue weighted by Crippen LogP contribution is -1.49. The number of hydrogen-bond acceptors (Lipinski definition) is 1. The monoisotopic (exact) mass is 86.0 g/mol. The Morgan fingerprint density at radius 1 is 2.00 bits per heavy atom. The van der Waals surface area contributed by atoms with Crippen LogP contribution in [0.25, 0.3) is 0 Å². The summed E-state index contributed by atoms with van der Waals surface area (Å²) in [6.45, 7) is 0. The van der Waals surface area contributed by atoms with Crippen molar-refractivity contribution >= 4 is 8.46 Å². The van der Waals surface area contributed by atoms with Gasteiger partial charge in [0, 0.05) is 0 Å². The lowest BCUT2D eigenvalue weighted by molar-refractivity contribution is 0.600. The molecule has 0 rings (SSSR count). The normalized spacial score (nSPS) is 7.00. The number of hydrogen-bond donors (Lipinski definition) is 0. The highest BCUT2D eigenvalue weighted by Gasteiger charge is 1.61. The van der Waals surface area contributed by atoms with Crippen LogP contribution in [0.15, 0.2) is 0 Å². The van der Waals surface area contributed by atoms with Crippen molar-refractivity contribution in [2.75, 3.05) is 6.16 Å². The average molecular weight is 86.0 g/mol. The van der Waals surface area contributed by atoms with Crippen LogP contribution in [0.2, 0.25) is 0 Å². The van der Waals surface area contributed by atoms with Crippen LogP contribution in [-0.4, -0.2) is 6.16 Å². The van der Waals surface area contributed by atoms with E-state index < -0.39 is 0 Å². The van der Waals surface area contributed by atoms with E-state index in [9.17, 15) is 4.57 Å². The molecule has 0 N–H and O–H groups in total. The molecular weight excluding hydrogens is 83.0 g/mol. The van der Waals surface area contributed by atoms with E-state index in [1.807, 2.05) is 0 Å². The van der Waals surface area contributed by atoms with Crippen LogP contribution in [0.1, 0.15) is 0 Å². The summed E-state index contributed by atoms with van der Waals surface area (Å²) in [6, 6.07) is 0. The Balaban J connectivity index is 2.75. The van der Waals surface area contributed by atoms with Gasteiger partial charge in [-0.15, -0.1) is 6.42 Å². The van der Waals surface area contributed by atoms with Gasteiger partial charge in [-0.1, -0.05) is 5.92 Å². The molecule has 0 aliphatic carbocycles. The van der Waals surface area contributed by atoms with Crippen molar-refractivity contribution in [3.05, 3.63) is 0 Å². The molecule has 0 bridgehead atoms. The lowest BCUT2D eigenvalue weighted by Gasteiger charge is -1.52. The van der Waals surface area contributed by atoms with E-state index in [2.05, 4.69) is 12.3 Å². The summed E-state index contributed by atoms with van der Waals surface area (Å²) < 4.78 is 9.36. The van der Waals surface area contributed by atoms with Crippen LogP contribution < -0.4 is 0 Å². The quantitative estimate of drug-likeness (QED) is 0.342. The van der Waals surface area contributed by atoms with Crippen molar-refractivity contribution in [2.24, 2.45) is 0 Å². The van der Waals surface area contributed by atoms with Gasteiger partial charge in [-0.25, -0.2) is 0 Å². The zero-order valence-electron chi connectivity index (χ0n) is 2.64. The topological polar surface area (TPSA) is 17.1 Å². The van der Waals surface area contributed by atoms with Gasteiger partial charge in [0.15, 0.2) is 8.46 Å². The second kappa shape index (κ2) is 3.66. The molecule has 0 aromatic rings. The van der Waals surface area contributed by atoms with Gasteiger partial charge < -0.3 is 0 Å². The van der Waals surface area contributed by atoms with Gasteiger partial charge in [0.05, 0.1) is 6.16 Å². The molecular formula is C3H3OP. The maximum atomic E-state index is 9.36. The SMILES string of the molecule is C#CCP=O. The van der Waals surface area contributed by atoms with Crippen molar-refractivity contribution in [3.8, 4) is 12.3 Å². The van der Waals surface area contributed by atoms with Crippen molar-refractivity contribution < 1.29 is 4.57 Å². The fraction of sp³-hybridized carbons (Fsp3) is 0.333. The Kier molecular flexibility index (Phi) is 3.41. The zero-order chi connectivity index (χ0) is 4.12. The van der Waals surface area contributed by atoms with Gasteiger partial charge in [-0.3, -0.25) is 4.57 Å². The van der Waals surface area contributed by atoms with Crippen LogP contribution >= 0.6 is 8.46 Å². The fourth-order valence-corrected chi connectivity index (χ4v) is 0.112. The second-order valence-corrected chi connectivity index (χ2v) is 1.07. The third-order valence-corrected chi connectivity index (χ3v) is 0.468. The molecule has 2 heteroatoms. The van der Waals surface area contributed by atoms with Crippen LogP contribution in [-0.2, 0) is 4.57 Å². The smallest absolute Gasteiger partial charge is 0.168 e. The van der Waals surface area contributed by atoms with Gasteiger partial charge in [0.1, 0.15) is 0 Å². The Hall–Kier alpha value is -0.340. The third-order valence-electron chi connectivity index (χ3n) is 0.156. The highest BCUT2D eigenvalue weighted by Crippen LogP contribution is 1.83. The first-order valence-corrected chi connectivity index (χ1v) is 2.14. The number of terminal acetylenes is 1. The van der Waals surface area contributed by atoms with E-state index in [0.29, 0.717) is 6.16 Å². The van der Waals surface area contributed by atoms with Crippen LogP contribution in [0, 0.1) is 12.3 Å². The lowest BCUT2D eigenvalue weighted by atomic mass is 10.8. The van der Waals surface area contributed by atoms with Gasteiger partial charge in [0.2, 0.25) is 0 Å². The second-order valence-electron chi connectivity index (χ2n) is 0.491. The summed E-state index contributed by atoms with van der Waals surface area (Å²) in [5, 5.41) is 0. The standard InChI is InChI=1S/C3H3OP/c1-2-3-5-4/h1H,3H2. The molecule has 0 unspecified atom stereocenters. The molecule has 26 valence electrons. The average Bonchev–Trinajstić information content (AvgIpc) is 1.41. The van der Waals surface area contributed by atoms with Gasteiger partial charge in [-0.05, 0) is 0 Å². The summed E-state index contributed by atoms with van der Waals surface area (Å²) in [6.07, 6.45) is 5.02.